The van der Waals surface area contributed by atoms with Crippen LogP contribution in [0.15, 0.2) is 35.9 Å². The number of para-hydroxylation sites is 1. The van der Waals surface area contributed by atoms with Crippen molar-refractivity contribution in [2.45, 2.75) is 19.8 Å². The van der Waals surface area contributed by atoms with Gasteiger partial charge in [-0.2, -0.15) is 5.01 Å². The van der Waals surface area contributed by atoms with Gasteiger partial charge in [0.25, 0.3) is 23.4 Å². The van der Waals surface area contributed by atoms with Crippen LogP contribution in [0.2, 0.25) is 0 Å². The monoisotopic (exact) mass is 329 g/mol. The van der Waals surface area contributed by atoms with Gasteiger partial charge in [-0.15, -0.1) is 0 Å². The molecule has 0 unspecified atom stereocenters. The standard InChI is InChI=1S/C16H15N3O5/c1-9-6-7-10-12(8-9)16(22)18(15(10)21)17-14(20)11-4-2-3-5-13(11)19(23)24/h2-6,10,12H,7-8H2,1H3,(H,17,20)/t10-,12+/m0/s1. The summed E-state index contributed by atoms with van der Waals surface area (Å²) in [4.78, 5) is 47.4. The number of nitro groups is 1. The minimum atomic E-state index is -0.854. The molecule has 3 amide bonds. The topological polar surface area (TPSA) is 110 Å². The van der Waals surface area contributed by atoms with Gasteiger partial charge in [0.05, 0.1) is 16.8 Å². The predicted octanol–water partition coefficient (Wildman–Crippen LogP) is 1.58. The summed E-state index contributed by atoms with van der Waals surface area (Å²) in [6.07, 6.45) is 2.85. The molecule has 1 aromatic rings. The molecule has 1 heterocycles. The quantitative estimate of drug-likeness (QED) is 0.392. The Labute approximate surface area is 137 Å². The van der Waals surface area contributed by atoms with Gasteiger partial charge in [0.15, 0.2) is 0 Å². The Bertz CT molecular complexity index is 786. The van der Waals surface area contributed by atoms with Crippen molar-refractivity contribution in [3.8, 4) is 0 Å². The van der Waals surface area contributed by atoms with Crippen molar-refractivity contribution in [1.29, 1.82) is 0 Å². The van der Waals surface area contributed by atoms with Crippen LogP contribution in [-0.4, -0.2) is 27.7 Å². The lowest BCUT2D eigenvalue weighted by molar-refractivity contribution is -0.385. The van der Waals surface area contributed by atoms with Crippen LogP contribution in [0.5, 0.6) is 0 Å². The number of nitrogens with one attached hydrogen (secondary N) is 1. The zero-order valence-corrected chi connectivity index (χ0v) is 12.9. The first kappa shape index (κ1) is 15.9. The summed E-state index contributed by atoms with van der Waals surface area (Å²) in [6.45, 7) is 1.89. The molecule has 0 radical (unpaired) electrons. The van der Waals surface area contributed by atoms with Crippen molar-refractivity contribution in [2.75, 3.05) is 0 Å². The van der Waals surface area contributed by atoms with E-state index in [4.69, 9.17) is 0 Å². The normalized spacial score (nSPS) is 22.9. The zero-order chi connectivity index (χ0) is 17.4. The van der Waals surface area contributed by atoms with Gasteiger partial charge >= 0.3 is 0 Å². The van der Waals surface area contributed by atoms with Crippen LogP contribution in [0.4, 0.5) is 5.69 Å². The Morgan fingerprint density at radius 2 is 1.92 bits per heavy atom. The maximum atomic E-state index is 12.4. The Morgan fingerprint density at radius 3 is 2.62 bits per heavy atom. The molecule has 2 atom stereocenters. The molecule has 1 aromatic carbocycles. The number of fused-ring (bicyclic) bond motifs is 1. The highest BCUT2D eigenvalue weighted by Gasteiger charge is 2.49. The van der Waals surface area contributed by atoms with Gasteiger partial charge in [0.2, 0.25) is 0 Å². The molecule has 124 valence electrons. The molecule has 3 rings (SSSR count). The van der Waals surface area contributed by atoms with E-state index in [1.54, 1.807) is 0 Å². The Morgan fingerprint density at radius 1 is 1.25 bits per heavy atom. The molecule has 1 N–H and O–H groups in total. The number of amides is 3. The van der Waals surface area contributed by atoms with Crippen LogP contribution in [-0.2, 0) is 9.59 Å². The lowest BCUT2D eigenvalue weighted by Gasteiger charge is -2.18. The minimum absolute atomic E-state index is 0.202. The van der Waals surface area contributed by atoms with Gasteiger partial charge in [-0.05, 0) is 25.8 Å². The van der Waals surface area contributed by atoms with E-state index in [1.165, 1.54) is 24.3 Å². The average Bonchev–Trinajstić information content (AvgIpc) is 2.79. The third kappa shape index (κ3) is 2.55. The summed E-state index contributed by atoms with van der Waals surface area (Å²) in [5, 5.41) is 11.7. The lowest BCUT2D eigenvalue weighted by atomic mass is 9.82. The summed E-state index contributed by atoms with van der Waals surface area (Å²) in [5.74, 6) is -2.75. The molecular formula is C16H15N3O5. The van der Waals surface area contributed by atoms with Gasteiger partial charge < -0.3 is 0 Å². The second kappa shape index (κ2) is 5.88. The van der Waals surface area contributed by atoms with E-state index < -0.39 is 34.5 Å². The Kier molecular flexibility index (Phi) is 3.88. The fourth-order valence-corrected chi connectivity index (χ4v) is 3.13. The number of nitro benzene ring substituents is 1. The van der Waals surface area contributed by atoms with E-state index in [9.17, 15) is 24.5 Å². The number of hydrogen-bond acceptors (Lipinski definition) is 5. The van der Waals surface area contributed by atoms with Gasteiger partial charge in [0.1, 0.15) is 5.56 Å². The first-order chi connectivity index (χ1) is 11.4. The number of carbonyl (C=O) groups is 3. The number of allylic oxidation sites excluding steroid dienone is 2. The van der Waals surface area contributed by atoms with Gasteiger partial charge in [0, 0.05) is 6.07 Å². The molecular weight excluding hydrogens is 314 g/mol. The third-order valence-corrected chi connectivity index (χ3v) is 4.38. The lowest BCUT2D eigenvalue weighted by Crippen LogP contribution is -2.46. The highest BCUT2D eigenvalue weighted by Crippen LogP contribution is 2.37. The van der Waals surface area contributed by atoms with E-state index in [0.29, 0.717) is 17.9 Å². The van der Waals surface area contributed by atoms with Crippen LogP contribution in [0.3, 0.4) is 0 Å². The molecule has 0 bridgehead atoms. The number of carbonyl (C=O) groups excluding carboxylic acids is 3. The molecule has 0 spiro atoms. The second-order valence-corrected chi connectivity index (χ2v) is 5.93. The third-order valence-electron chi connectivity index (χ3n) is 4.38. The molecule has 1 fully saturated rings. The van der Waals surface area contributed by atoms with Crippen LogP contribution < -0.4 is 5.43 Å². The van der Waals surface area contributed by atoms with Crippen molar-refractivity contribution < 1.29 is 19.3 Å². The van der Waals surface area contributed by atoms with E-state index in [-0.39, 0.29) is 11.3 Å². The van der Waals surface area contributed by atoms with E-state index >= 15 is 0 Å². The van der Waals surface area contributed by atoms with Gasteiger partial charge in [-0.3, -0.25) is 29.9 Å². The largest absolute Gasteiger partial charge is 0.282 e. The highest BCUT2D eigenvalue weighted by molar-refractivity contribution is 6.08. The Balaban J connectivity index is 1.82. The molecule has 8 heteroatoms. The summed E-state index contributed by atoms with van der Waals surface area (Å²) in [6, 6.07) is 5.37. The maximum absolute atomic E-state index is 12.4. The number of imide groups is 1. The summed E-state index contributed by atoms with van der Waals surface area (Å²) < 4.78 is 0. The number of rotatable bonds is 3. The van der Waals surface area contributed by atoms with Crippen LogP contribution in [0.25, 0.3) is 0 Å². The molecule has 1 saturated heterocycles. The summed E-state index contributed by atoms with van der Waals surface area (Å²) >= 11 is 0. The predicted molar refractivity (Wildman–Crippen MR) is 82.4 cm³/mol. The van der Waals surface area contributed by atoms with E-state index in [1.807, 2.05) is 13.0 Å². The van der Waals surface area contributed by atoms with Crippen molar-refractivity contribution in [1.82, 2.24) is 10.4 Å². The van der Waals surface area contributed by atoms with Crippen molar-refractivity contribution in [2.24, 2.45) is 11.8 Å². The number of hydrogen-bond donors (Lipinski definition) is 1. The van der Waals surface area contributed by atoms with Gasteiger partial charge in [-0.25, -0.2) is 0 Å². The molecule has 2 aliphatic rings. The minimum Gasteiger partial charge on any atom is -0.272 e. The molecule has 0 saturated carbocycles. The highest BCUT2D eigenvalue weighted by atomic mass is 16.6. The number of nitrogens with zero attached hydrogens (tertiary/aromatic N) is 2. The molecule has 1 aliphatic carbocycles. The van der Waals surface area contributed by atoms with E-state index in [0.717, 1.165) is 5.57 Å². The maximum Gasteiger partial charge on any atom is 0.282 e. The average molecular weight is 329 g/mol. The summed E-state index contributed by atoms with van der Waals surface area (Å²) in [7, 11) is 0. The van der Waals surface area contributed by atoms with Crippen molar-refractivity contribution in [3.63, 3.8) is 0 Å². The Hall–Kier alpha value is -3.03. The second-order valence-electron chi connectivity index (χ2n) is 5.93. The molecule has 24 heavy (non-hydrogen) atoms. The zero-order valence-electron chi connectivity index (χ0n) is 12.9. The van der Waals surface area contributed by atoms with Gasteiger partial charge in [-0.1, -0.05) is 23.8 Å². The SMILES string of the molecule is CC1=CC[C@@H]2C(=O)N(NC(=O)c3ccccc3[N+](=O)[O-])C(=O)[C@@H]2C1. The van der Waals surface area contributed by atoms with Crippen molar-refractivity contribution >= 4 is 23.4 Å². The van der Waals surface area contributed by atoms with Crippen LogP contribution >= 0.6 is 0 Å². The van der Waals surface area contributed by atoms with Crippen LogP contribution in [0, 0.1) is 22.0 Å². The fourth-order valence-electron chi connectivity index (χ4n) is 3.13. The first-order valence-corrected chi connectivity index (χ1v) is 7.48. The number of hydrazine groups is 1. The molecule has 8 nitrogen and oxygen atoms in total. The van der Waals surface area contributed by atoms with E-state index in [2.05, 4.69) is 5.43 Å². The van der Waals surface area contributed by atoms with Crippen LogP contribution in [0.1, 0.15) is 30.1 Å². The number of benzene rings is 1. The fraction of sp³-hybridized carbons (Fsp3) is 0.312. The molecule has 0 aromatic heterocycles. The smallest absolute Gasteiger partial charge is 0.272 e. The first-order valence-electron chi connectivity index (χ1n) is 7.48. The summed E-state index contributed by atoms with van der Waals surface area (Å²) in [5.41, 5.74) is 2.67. The van der Waals surface area contributed by atoms with Crippen molar-refractivity contribution in [3.05, 3.63) is 51.6 Å². The molecule has 1 aliphatic heterocycles.